The first-order valence-electron chi connectivity index (χ1n) is 3.13. The van der Waals surface area contributed by atoms with Gasteiger partial charge in [-0.15, -0.1) is 4.68 Å². The van der Waals surface area contributed by atoms with Crippen LogP contribution in [0.25, 0.3) is 0 Å². The molecular formula is C6H11N4O+. The Bertz CT molecular complexity index is 250. The highest BCUT2D eigenvalue weighted by Crippen LogP contribution is 2.06. The quantitative estimate of drug-likeness (QED) is 0.402. The molecular weight excluding hydrogens is 144 g/mol. The van der Waals surface area contributed by atoms with Crippen molar-refractivity contribution in [2.24, 2.45) is 0 Å². The standard InChI is InChI=1S/C6H10N4O/c1-4-9-6(11-2)3-5(7)10(4)8/h3,7H,8H2,1-2H3/p+1. The van der Waals surface area contributed by atoms with Crippen LogP contribution in [0.15, 0.2) is 6.07 Å². The van der Waals surface area contributed by atoms with Crippen molar-refractivity contribution in [3.8, 4) is 5.88 Å². The minimum Gasteiger partial charge on any atom is -0.469 e. The predicted octanol–water partition coefficient (Wildman–Crippen LogP) is -1.02. The van der Waals surface area contributed by atoms with Crippen LogP contribution < -0.4 is 21.0 Å². The number of methoxy groups -OCH3 is 1. The average Bonchev–Trinajstić information content (AvgIpc) is 1.99. The van der Waals surface area contributed by atoms with E-state index in [2.05, 4.69) is 4.98 Å². The zero-order valence-electron chi connectivity index (χ0n) is 6.53. The first-order valence-corrected chi connectivity index (χ1v) is 3.13. The predicted molar refractivity (Wildman–Crippen MR) is 40.3 cm³/mol. The summed E-state index contributed by atoms with van der Waals surface area (Å²) in [6, 6.07) is 1.56. The van der Waals surface area contributed by atoms with E-state index in [0.29, 0.717) is 17.5 Å². The molecule has 0 aliphatic carbocycles. The number of nitrogens with zero attached hydrogens (tertiary/aromatic N) is 2. The summed E-state index contributed by atoms with van der Waals surface area (Å²) in [5.74, 6) is 6.99. The van der Waals surface area contributed by atoms with E-state index in [9.17, 15) is 0 Å². The summed E-state index contributed by atoms with van der Waals surface area (Å²) >= 11 is 0. The maximum absolute atomic E-state index is 5.52. The molecule has 4 N–H and O–H groups in total. The molecule has 0 saturated heterocycles. The van der Waals surface area contributed by atoms with Crippen molar-refractivity contribution in [2.45, 2.75) is 6.92 Å². The topological polar surface area (TPSA) is 78.0 Å². The molecule has 1 heterocycles. The molecule has 0 aliphatic heterocycles. The van der Waals surface area contributed by atoms with Crippen molar-refractivity contribution in [3.63, 3.8) is 0 Å². The molecule has 0 unspecified atom stereocenters. The van der Waals surface area contributed by atoms with E-state index in [4.69, 9.17) is 16.3 Å². The SMILES string of the molecule is COc1cc(N)[n+](N)c(C)n1. The van der Waals surface area contributed by atoms with Crippen molar-refractivity contribution < 1.29 is 9.41 Å². The number of nitrogen functional groups attached to an aromatic ring is 2. The summed E-state index contributed by atoms with van der Waals surface area (Å²) in [5.41, 5.74) is 5.52. The number of aromatic nitrogens is 2. The molecule has 0 saturated carbocycles. The molecule has 1 aromatic rings. The van der Waals surface area contributed by atoms with E-state index in [1.165, 1.54) is 11.8 Å². The van der Waals surface area contributed by atoms with Gasteiger partial charge in [-0.25, -0.2) is 0 Å². The minimum absolute atomic E-state index is 0.425. The molecule has 0 radical (unpaired) electrons. The lowest BCUT2D eigenvalue weighted by molar-refractivity contribution is -0.634. The van der Waals surface area contributed by atoms with Crippen LogP contribution in [0.4, 0.5) is 5.82 Å². The Labute approximate surface area is 64.6 Å². The fourth-order valence-corrected chi connectivity index (χ4v) is 0.733. The van der Waals surface area contributed by atoms with Gasteiger partial charge in [-0.2, -0.15) is 0 Å². The first kappa shape index (κ1) is 7.59. The smallest absolute Gasteiger partial charge is 0.296 e. The molecule has 1 rings (SSSR count). The van der Waals surface area contributed by atoms with Gasteiger partial charge in [-0.05, 0) is 0 Å². The van der Waals surface area contributed by atoms with Gasteiger partial charge < -0.3 is 10.5 Å². The first-order chi connectivity index (χ1) is 5.15. The van der Waals surface area contributed by atoms with Gasteiger partial charge in [0, 0.05) is 6.92 Å². The van der Waals surface area contributed by atoms with Gasteiger partial charge in [0.05, 0.1) is 13.2 Å². The molecule has 0 amide bonds. The second kappa shape index (κ2) is 2.61. The summed E-state index contributed by atoms with van der Waals surface area (Å²) in [6.45, 7) is 1.75. The third-order valence-electron chi connectivity index (χ3n) is 1.38. The molecule has 0 spiro atoms. The molecule has 0 bridgehead atoms. The highest BCUT2D eigenvalue weighted by atomic mass is 16.5. The summed E-state index contributed by atoms with van der Waals surface area (Å²) in [7, 11) is 1.53. The van der Waals surface area contributed by atoms with Gasteiger partial charge in [-0.3, -0.25) is 5.84 Å². The van der Waals surface area contributed by atoms with E-state index >= 15 is 0 Å². The van der Waals surface area contributed by atoms with E-state index in [1.807, 2.05) is 0 Å². The summed E-state index contributed by atoms with van der Waals surface area (Å²) < 4.78 is 6.16. The monoisotopic (exact) mass is 155 g/mol. The highest BCUT2D eigenvalue weighted by molar-refractivity contribution is 5.26. The Morgan fingerprint density at radius 2 is 2.27 bits per heavy atom. The highest BCUT2D eigenvalue weighted by Gasteiger charge is 2.09. The van der Waals surface area contributed by atoms with Crippen LogP contribution in [-0.4, -0.2) is 12.1 Å². The van der Waals surface area contributed by atoms with Crippen LogP contribution in [0.3, 0.4) is 0 Å². The van der Waals surface area contributed by atoms with Gasteiger partial charge in [0.15, 0.2) is 0 Å². The van der Waals surface area contributed by atoms with Gasteiger partial charge in [0.2, 0.25) is 5.82 Å². The third kappa shape index (κ3) is 1.31. The maximum Gasteiger partial charge on any atom is 0.296 e. The third-order valence-corrected chi connectivity index (χ3v) is 1.38. The number of hydrogen-bond donors (Lipinski definition) is 2. The maximum atomic E-state index is 5.52. The van der Waals surface area contributed by atoms with Crippen molar-refractivity contribution in [1.82, 2.24) is 4.98 Å². The Morgan fingerprint density at radius 3 is 2.73 bits per heavy atom. The molecule has 0 atom stereocenters. The number of anilines is 1. The van der Waals surface area contributed by atoms with Crippen molar-refractivity contribution in [2.75, 3.05) is 18.7 Å². The van der Waals surface area contributed by atoms with Crippen LogP contribution in [-0.2, 0) is 0 Å². The normalized spacial score (nSPS) is 9.64. The number of nitrogens with two attached hydrogens (primary N) is 2. The van der Waals surface area contributed by atoms with E-state index < -0.39 is 0 Å². The zero-order chi connectivity index (χ0) is 8.43. The molecule has 0 aliphatic rings. The number of ether oxygens (including phenoxy) is 1. The Balaban J connectivity index is 3.21. The van der Waals surface area contributed by atoms with Crippen LogP contribution in [0.1, 0.15) is 5.82 Å². The Morgan fingerprint density at radius 1 is 1.64 bits per heavy atom. The summed E-state index contributed by atoms with van der Waals surface area (Å²) in [5, 5.41) is 0. The number of aryl methyl sites for hydroxylation is 1. The van der Waals surface area contributed by atoms with Crippen molar-refractivity contribution in [1.29, 1.82) is 0 Å². The Kier molecular flexibility index (Phi) is 1.80. The van der Waals surface area contributed by atoms with Crippen LogP contribution in [0.5, 0.6) is 5.88 Å². The van der Waals surface area contributed by atoms with Gasteiger partial charge in [-0.1, -0.05) is 4.98 Å². The fourth-order valence-electron chi connectivity index (χ4n) is 0.733. The van der Waals surface area contributed by atoms with E-state index in [1.54, 1.807) is 13.0 Å². The molecule has 0 aromatic carbocycles. The second-order valence-electron chi connectivity index (χ2n) is 2.14. The zero-order valence-corrected chi connectivity index (χ0v) is 6.53. The molecule has 60 valence electrons. The van der Waals surface area contributed by atoms with E-state index in [0.717, 1.165) is 0 Å². The Hall–Kier alpha value is -1.52. The van der Waals surface area contributed by atoms with Gasteiger partial charge in [0.25, 0.3) is 11.7 Å². The summed E-state index contributed by atoms with van der Waals surface area (Å²) in [4.78, 5) is 3.99. The van der Waals surface area contributed by atoms with Crippen LogP contribution >= 0.6 is 0 Å². The minimum atomic E-state index is 0.425. The van der Waals surface area contributed by atoms with E-state index in [-0.39, 0.29) is 0 Å². The van der Waals surface area contributed by atoms with Crippen molar-refractivity contribution >= 4 is 5.82 Å². The molecule has 11 heavy (non-hydrogen) atoms. The number of rotatable bonds is 1. The van der Waals surface area contributed by atoms with Gasteiger partial charge in [0.1, 0.15) is 0 Å². The lowest BCUT2D eigenvalue weighted by Crippen LogP contribution is -2.50. The van der Waals surface area contributed by atoms with Crippen molar-refractivity contribution in [3.05, 3.63) is 11.9 Å². The molecule has 5 nitrogen and oxygen atoms in total. The largest absolute Gasteiger partial charge is 0.469 e. The van der Waals surface area contributed by atoms with Crippen LogP contribution in [0.2, 0.25) is 0 Å². The molecule has 1 aromatic heterocycles. The van der Waals surface area contributed by atoms with Crippen LogP contribution in [0, 0.1) is 6.92 Å². The second-order valence-corrected chi connectivity index (χ2v) is 2.14. The average molecular weight is 155 g/mol. The summed E-state index contributed by atoms with van der Waals surface area (Å²) in [6.07, 6.45) is 0. The lowest BCUT2D eigenvalue weighted by Gasteiger charge is -2.00. The molecule has 0 fully saturated rings. The lowest BCUT2D eigenvalue weighted by atomic mass is 10.5. The fraction of sp³-hybridized carbons (Fsp3) is 0.333. The molecule has 5 heteroatoms. The number of hydrogen-bond acceptors (Lipinski definition) is 4. The van der Waals surface area contributed by atoms with Gasteiger partial charge >= 0.3 is 0 Å².